The van der Waals surface area contributed by atoms with Gasteiger partial charge in [-0.15, -0.1) is 0 Å². The van der Waals surface area contributed by atoms with Gasteiger partial charge in [0.15, 0.2) is 0 Å². The minimum Gasteiger partial charge on any atom is -0.478 e. The van der Waals surface area contributed by atoms with E-state index in [2.05, 4.69) is 16.8 Å². The molecule has 0 saturated carbocycles. The first-order valence-electron chi connectivity index (χ1n) is 7.39. The molecule has 2 rings (SSSR count). The summed E-state index contributed by atoms with van der Waals surface area (Å²) in [5, 5.41) is 0. The highest BCUT2D eigenvalue weighted by atomic mass is 32.2. The van der Waals surface area contributed by atoms with Gasteiger partial charge >= 0.3 is 0 Å². The minimum atomic E-state index is -3.44. The lowest BCUT2D eigenvalue weighted by Crippen LogP contribution is -2.48. The fourth-order valence-electron chi connectivity index (χ4n) is 2.25. The van der Waals surface area contributed by atoms with E-state index in [0.29, 0.717) is 25.6 Å². The van der Waals surface area contributed by atoms with E-state index >= 15 is 0 Å². The molecule has 0 unspecified atom stereocenters. The summed E-state index contributed by atoms with van der Waals surface area (Å²) in [6, 6.07) is 3.18. The SMILES string of the molecule is CCCOc1ccc(S(=O)(=O)N2CCN(CC)CC2)cn1. The van der Waals surface area contributed by atoms with Crippen LogP contribution < -0.4 is 4.74 Å². The van der Waals surface area contributed by atoms with E-state index in [1.54, 1.807) is 12.1 Å². The Bertz CT molecular complexity index is 537. The molecule has 118 valence electrons. The van der Waals surface area contributed by atoms with E-state index in [4.69, 9.17) is 4.74 Å². The Morgan fingerprint density at radius 2 is 1.90 bits per heavy atom. The first kappa shape index (κ1) is 16.2. The molecule has 21 heavy (non-hydrogen) atoms. The van der Waals surface area contributed by atoms with Crippen molar-refractivity contribution in [2.24, 2.45) is 0 Å². The molecule has 0 atom stereocenters. The van der Waals surface area contributed by atoms with Crippen molar-refractivity contribution in [3.8, 4) is 5.88 Å². The third-order valence-corrected chi connectivity index (χ3v) is 5.46. The van der Waals surface area contributed by atoms with Crippen LogP contribution in [-0.2, 0) is 10.0 Å². The van der Waals surface area contributed by atoms with Crippen LogP contribution in [0.4, 0.5) is 0 Å². The Morgan fingerprint density at radius 1 is 1.19 bits per heavy atom. The smallest absolute Gasteiger partial charge is 0.244 e. The van der Waals surface area contributed by atoms with Crippen molar-refractivity contribution in [2.45, 2.75) is 25.2 Å². The van der Waals surface area contributed by atoms with Gasteiger partial charge in [-0.3, -0.25) is 0 Å². The fourth-order valence-corrected chi connectivity index (χ4v) is 3.61. The van der Waals surface area contributed by atoms with Crippen molar-refractivity contribution in [3.05, 3.63) is 18.3 Å². The number of likely N-dealkylation sites (N-methyl/N-ethyl adjacent to an activating group) is 1. The van der Waals surface area contributed by atoms with E-state index in [1.165, 1.54) is 10.5 Å². The maximum absolute atomic E-state index is 12.5. The molecule has 0 amide bonds. The normalized spacial score (nSPS) is 17.8. The zero-order chi connectivity index (χ0) is 15.3. The van der Waals surface area contributed by atoms with Crippen LogP contribution in [0.3, 0.4) is 0 Å². The maximum Gasteiger partial charge on any atom is 0.244 e. The van der Waals surface area contributed by atoms with Gasteiger partial charge in [0, 0.05) is 32.2 Å². The van der Waals surface area contributed by atoms with E-state index in [-0.39, 0.29) is 4.90 Å². The second kappa shape index (κ2) is 7.20. The van der Waals surface area contributed by atoms with Crippen LogP contribution >= 0.6 is 0 Å². The van der Waals surface area contributed by atoms with E-state index in [9.17, 15) is 8.42 Å². The Balaban J connectivity index is 2.05. The molecule has 6 nitrogen and oxygen atoms in total. The topological polar surface area (TPSA) is 62.7 Å². The summed E-state index contributed by atoms with van der Waals surface area (Å²) in [5.74, 6) is 0.464. The van der Waals surface area contributed by atoms with Crippen LogP contribution in [0.2, 0.25) is 0 Å². The van der Waals surface area contributed by atoms with Crippen LogP contribution in [0.1, 0.15) is 20.3 Å². The summed E-state index contributed by atoms with van der Waals surface area (Å²) >= 11 is 0. The Kier molecular flexibility index (Phi) is 5.55. The number of ether oxygens (including phenoxy) is 1. The number of nitrogens with zero attached hydrogens (tertiary/aromatic N) is 3. The first-order chi connectivity index (χ1) is 10.1. The average molecular weight is 313 g/mol. The molecule has 0 aliphatic carbocycles. The molecular weight excluding hydrogens is 290 g/mol. The summed E-state index contributed by atoms with van der Waals surface area (Å²) in [5.41, 5.74) is 0. The van der Waals surface area contributed by atoms with Crippen molar-refractivity contribution in [2.75, 3.05) is 39.3 Å². The highest BCUT2D eigenvalue weighted by molar-refractivity contribution is 7.89. The zero-order valence-electron chi connectivity index (χ0n) is 12.7. The monoisotopic (exact) mass is 313 g/mol. The standard InChI is InChI=1S/C14H23N3O3S/c1-3-11-20-14-6-5-13(12-15-14)21(18,19)17-9-7-16(4-2)8-10-17/h5-6,12H,3-4,7-11H2,1-2H3. The molecule has 1 aromatic rings. The number of rotatable bonds is 6. The van der Waals surface area contributed by atoms with Crippen molar-refractivity contribution >= 4 is 10.0 Å². The van der Waals surface area contributed by atoms with Crippen LogP contribution in [-0.4, -0.2) is 61.9 Å². The van der Waals surface area contributed by atoms with Gasteiger partial charge in [0.05, 0.1) is 12.8 Å². The van der Waals surface area contributed by atoms with Crippen LogP contribution in [0.5, 0.6) is 5.88 Å². The maximum atomic E-state index is 12.5. The van der Waals surface area contributed by atoms with E-state index in [0.717, 1.165) is 26.1 Å². The van der Waals surface area contributed by atoms with Crippen LogP contribution in [0.15, 0.2) is 23.2 Å². The number of piperazine rings is 1. The third-order valence-electron chi connectivity index (χ3n) is 3.58. The zero-order valence-corrected chi connectivity index (χ0v) is 13.5. The number of hydrogen-bond acceptors (Lipinski definition) is 5. The molecule has 1 aromatic heterocycles. The minimum absolute atomic E-state index is 0.233. The van der Waals surface area contributed by atoms with Crippen molar-refractivity contribution in [3.63, 3.8) is 0 Å². The van der Waals surface area contributed by atoms with Gasteiger partial charge in [0.25, 0.3) is 0 Å². The second-order valence-corrected chi connectivity index (χ2v) is 6.96. The van der Waals surface area contributed by atoms with Gasteiger partial charge in [-0.25, -0.2) is 13.4 Å². The van der Waals surface area contributed by atoms with Crippen molar-refractivity contribution in [1.82, 2.24) is 14.2 Å². The predicted molar refractivity (Wildman–Crippen MR) is 80.9 cm³/mol. The molecule has 0 radical (unpaired) electrons. The van der Waals surface area contributed by atoms with E-state index in [1.807, 2.05) is 6.92 Å². The summed E-state index contributed by atoms with van der Waals surface area (Å²) in [6.45, 7) is 8.26. The van der Waals surface area contributed by atoms with Gasteiger partial charge in [-0.05, 0) is 19.0 Å². The molecule has 1 fully saturated rings. The highest BCUT2D eigenvalue weighted by Crippen LogP contribution is 2.18. The lowest BCUT2D eigenvalue weighted by molar-refractivity contribution is 0.196. The Hall–Kier alpha value is -1.18. The van der Waals surface area contributed by atoms with Gasteiger partial charge in [0.1, 0.15) is 4.90 Å². The quantitative estimate of drug-likeness (QED) is 0.789. The molecular formula is C14H23N3O3S. The molecule has 0 spiro atoms. The Labute approximate surface area is 126 Å². The third kappa shape index (κ3) is 3.93. The molecule has 0 aromatic carbocycles. The average Bonchev–Trinajstić information content (AvgIpc) is 2.53. The number of hydrogen-bond donors (Lipinski definition) is 0. The summed E-state index contributed by atoms with van der Waals surface area (Å²) in [6.07, 6.45) is 2.27. The van der Waals surface area contributed by atoms with Gasteiger partial charge < -0.3 is 9.64 Å². The molecule has 1 saturated heterocycles. The van der Waals surface area contributed by atoms with E-state index < -0.39 is 10.0 Å². The Morgan fingerprint density at radius 3 is 2.43 bits per heavy atom. The molecule has 0 N–H and O–H groups in total. The van der Waals surface area contributed by atoms with Crippen LogP contribution in [0, 0.1) is 0 Å². The molecule has 1 aliphatic rings. The lowest BCUT2D eigenvalue weighted by Gasteiger charge is -2.33. The number of aromatic nitrogens is 1. The van der Waals surface area contributed by atoms with Crippen LogP contribution in [0.25, 0.3) is 0 Å². The van der Waals surface area contributed by atoms with Gasteiger partial charge in [-0.1, -0.05) is 13.8 Å². The highest BCUT2D eigenvalue weighted by Gasteiger charge is 2.28. The molecule has 7 heteroatoms. The molecule has 1 aliphatic heterocycles. The van der Waals surface area contributed by atoms with Gasteiger partial charge in [0.2, 0.25) is 15.9 Å². The molecule has 0 bridgehead atoms. The first-order valence-corrected chi connectivity index (χ1v) is 8.83. The van der Waals surface area contributed by atoms with Crippen molar-refractivity contribution in [1.29, 1.82) is 0 Å². The predicted octanol–water partition coefficient (Wildman–Crippen LogP) is 1.20. The van der Waals surface area contributed by atoms with Gasteiger partial charge in [-0.2, -0.15) is 4.31 Å². The number of sulfonamides is 1. The fraction of sp³-hybridized carbons (Fsp3) is 0.643. The largest absolute Gasteiger partial charge is 0.478 e. The summed E-state index contributed by atoms with van der Waals surface area (Å²) in [7, 11) is -3.44. The second-order valence-electron chi connectivity index (χ2n) is 5.02. The van der Waals surface area contributed by atoms with Crippen molar-refractivity contribution < 1.29 is 13.2 Å². The lowest BCUT2D eigenvalue weighted by atomic mass is 10.4. The molecule has 2 heterocycles. The summed E-state index contributed by atoms with van der Waals surface area (Å²) in [4.78, 5) is 6.54. The number of pyridine rings is 1. The summed E-state index contributed by atoms with van der Waals surface area (Å²) < 4.78 is 32.0.